The van der Waals surface area contributed by atoms with Gasteiger partial charge in [-0.3, -0.25) is 0 Å². The van der Waals surface area contributed by atoms with Crippen molar-refractivity contribution in [1.29, 1.82) is 5.26 Å². The summed E-state index contributed by atoms with van der Waals surface area (Å²) in [5.41, 5.74) is 0.962. The SMILES string of the molecule is N#Cc1cc(C2CCCC2)no1. The molecule has 0 spiro atoms. The van der Waals surface area contributed by atoms with Crippen LogP contribution in [0.2, 0.25) is 0 Å². The Morgan fingerprint density at radius 2 is 2.25 bits per heavy atom. The van der Waals surface area contributed by atoms with E-state index >= 15 is 0 Å². The molecule has 2 rings (SSSR count). The zero-order valence-corrected chi connectivity index (χ0v) is 6.79. The number of hydrogen-bond acceptors (Lipinski definition) is 3. The molecule has 0 radical (unpaired) electrons. The predicted octanol–water partition coefficient (Wildman–Crippen LogP) is 2.20. The summed E-state index contributed by atoms with van der Waals surface area (Å²) in [6.07, 6.45) is 4.94. The molecule has 1 aromatic heterocycles. The summed E-state index contributed by atoms with van der Waals surface area (Å²) < 4.78 is 4.82. The molecule has 0 aromatic carbocycles. The molecule has 1 aliphatic rings. The third kappa shape index (κ3) is 1.20. The van der Waals surface area contributed by atoms with E-state index in [9.17, 15) is 0 Å². The van der Waals surface area contributed by atoms with Crippen LogP contribution in [0, 0.1) is 11.3 Å². The van der Waals surface area contributed by atoms with Crippen LogP contribution in [0.25, 0.3) is 0 Å². The van der Waals surface area contributed by atoms with Gasteiger partial charge in [0.2, 0.25) is 5.76 Å². The van der Waals surface area contributed by atoms with Gasteiger partial charge in [-0.1, -0.05) is 18.0 Å². The smallest absolute Gasteiger partial charge is 0.236 e. The zero-order valence-electron chi connectivity index (χ0n) is 6.79. The van der Waals surface area contributed by atoms with Crippen LogP contribution >= 0.6 is 0 Å². The van der Waals surface area contributed by atoms with Gasteiger partial charge in [-0.25, -0.2) is 0 Å². The molecule has 1 saturated carbocycles. The fourth-order valence-electron chi connectivity index (χ4n) is 1.76. The molecule has 1 fully saturated rings. The molecule has 0 atom stereocenters. The molecule has 0 N–H and O–H groups in total. The summed E-state index contributed by atoms with van der Waals surface area (Å²) in [6.45, 7) is 0. The Labute approximate surface area is 71.0 Å². The summed E-state index contributed by atoms with van der Waals surface area (Å²) in [7, 11) is 0. The summed E-state index contributed by atoms with van der Waals surface area (Å²) in [5.74, 6) is 0.868. The largest absolute Gasteiger partial charge is 0.345 e. The van der Waals surface area contributed by atoms with Crippen molar-refractivity contribution >= 4 is 0 Å². The van der Waals surface area contributed by atoms with E-state index < -0.39 is 0 Å². The molecule has 0 amide bonds. The Bertz CT molecular complexity index is 305. The summed E-state index contributed by atoms with van der Waals surface area (Å²) in [6, 6.07) is 3.70. The van der Waals surface area contributed by atoms with Gasteiger partial charge in [-0.2, -0.15) is 5.26 Å². The van der Waals surface area contributed by atoms with E-state index in [2.05, 4.69) is 5.16 Å². The highest BCUT2D eigenvalue weighted by Gasteiger charge is 2.20. The minimum atomic E-state index is 0.330. The van der Waals surface area contributed by atoms with Gasteiger partial charge in [-0.15, -0.1) is 0 Å². The number of rotatable bonds is 1. The lowest BCUT2D eigenvalue weighted by atomic mass is 10.0. The standard InChI is InChI=1S/C9H10N2O/c10-6-8-5-9(11-12-8)7-3-1-2-4-7/h5,7H,1-4H2. The van der Waals surface area contributed by atoms with Crippen molar-refractivity contribution in [3.05, 3.63) is 17.5 Å². The lowest BCUT2D eigenvalue weighted by molar-refractivity contribution is 0.396. The van der Waals surface area contributed by atoms with Gasteiger partial charge in [-0.05, 0) is 12.8 Å². The van der Waals surface area contributed by atoms with Gasteiger partial charge in [0, 0.05) is 12.0 Å². The van der Waals surface area contributed by atoms with Crippen molar-refractivity contribution in [2.24, 2.45) is 0 Å². The van der Waals surface area contributed by atoms with Crippen molar-refractivity contribution in [1.82, 2.24) is 5.16 Å². The molecule has 0 unspecified atom stereocenters. The summed E-state index contributed by atoms with van der Waals surface area (Å²) in [4.78, 5) is 0. The summed E-state index contributed by atoms with van der Waals surface area (Å²) in [5, 5.41) is 12.4. The first-order valence-electron chi connectivity index (χ1n) is 4.27. The number of nitrogens with zero attached hydrogens (tertiary/aromatic N) is 2. The van der Waals surface area contributed by atoms with Crippen molar-refractivity contribution in [2.45, 2.75) is 31.6 Å². The van der Waals surface area contributed by atoms with Crippen molar-refractivity contribution < 1.29 is 4.52 Å². The van der Waals surface area contributed by atoms with Gasteiger partial charge in [0.1, 0.15) is 6.07 Å². The van der Waals surface area contributed by atoms with Gasteiger partial charge >= 0.3 is 0 Å². The molecule has 1 heterocycles. The fraction of sp³-hybridized carbons (Fsp3) is 0.556. The maximum Gasteiger partial charge on any atom is 0.236 e. The van der Waals surface area contributed by atoms with E-state index in [1.165, 1.54) is 25.7 Å². The average Bonchev–Trinajstić information content (AvgIpc) is 2.75. The van der Waals surface area contributed by atoms with E-state index in [0.29, 0.717) is 11.7 Å². The highest BCUT2D eigenvalue weighted by Crippen LogP contribution is 2.33. The Morgan fingerprint density at radius 3 is 2.83 bits per heavy atom. The number of aromatic nitrogens is 1. The third-order valence-corrected chi connectivity index (χ3v) is 2.41. The van der Waals surface area contributed by atoms with Crippen molar-refractivity contribution in [2.75, 3.05) is 0 Å². The molecular formula is C9H10N2O. The average molecular weight is 162 g/mol. The Balaban J connectivity index is 2.17. The Morgan fingerprint density at radius 1 is 1.50 bits per heavy atom. The topological polar surface area (TPSA) is 49.8 Å². The van der Waals surface area contributed by atoms with Crippen LogP contribution in [-0.2, 0) is 0 Å². The van der Waals surface area contributed by atoms with Crippen LogP contribution in [0.15, 0.2) is 10.6 Å². The molecule has 0 aliphatic heterocycles. The molecule has 3 nitrogen and oxygen atoms in total. The first-order chi connectivity index (χ1) is 5.90. The van der Waals surface area contributed by atoms with Crippen LogP contribution in [-0.4, -0.2) is 5.16 Å². The van der Waals surface area contributed by atoms with Crippen molar-refractivity contribution in [3.63, 3.8) is 0 Å². The van der Waals surface area contributed by atoms with Gasteiger partial charge in [0.05, 0.1) is 5.69 Å². The second-order valence-corrected chi connectivity index (χ2v) is 3.21. The molecule has 1 aliphatic carbocycles. The number of hydrogen-bond donors (Lipinski definition) is 0. The second kappa shape index (κ2) is 2.98. The van der Waals surface area contributed by atoms with Crippen LogP contribution in [0.5, 0.6) is 0 Å². The normalized spacial score (nSPS) is 17.9. The van der Waals surface area contributed by atoms with Crippen LogP contribution < -0.4 is 0 Å². The third-order valence-electron chi connectivity index (χ3n) is 2.41. The minimum Gasteiger partial charge on any atom is -0.345 e. The maximum absolute atomic E-state index is 8.51. The zero-order chi connectivity index (χ0) is 8.39. The summed E-state index contributed by atoms with van der Waals surface area (Å²) >= 11 is 0. The molecule has 1 aromatic rings. The van der Waals surface area contributed by atoms with E-state index in [1.807, 2.05) is 6.07 Å². The highest BCUT2D eigenvalue weighted by atomic mass is 16.5. The molecule has 3 heteroatoms. The van der Waals surface area contributed by atoms with E-state index in [4.69, 9.17) is 9.78 Å². The van der Waals surface area contributed by atoms with Crippen LogP contribution in [0.3, 0.4) is 0 Å². The monoisotopic (exact) mass is 162 g/mol. The van der Waals surface area contributed by atoms with E-state index in [-0.39, 0.29) is 0 Å². The van der Waals surface area contributed by atoms with Crippen LogP contribution in [0.4, 0.5) is 0 Å². The molecule has 0 saturated heterocycles. The molecular weight excluding hydrogens is 152 g/mol. The van der Waals surface area contributed by atoms with Gasteiger partial charge < -0.3 is 4.52 Å². The minimum absolute atomic E-state index is 0.330. The highest BCUT2D eigenvalue weighted by molar-refractivity contribution is 5.20. The van der Waals surface area contributed by atoms with E-state index in [0.717, 1.165) is 5.69 Å². The molecule has 0 bridgehead atoms. The quantitative estimate of drug-likeness (QED) is 0.636. The molecule has 62 valence electrons. The van der Waals surface area contributed by atoms with Gasteiger partial charge in [0.25, 0.3) is 0 Å². The van der Waals surface area contributed by atoms with E-state index in [1.54, 1.807) is 6.07 Å². The maximum atomic E-state index is 8.51. The first-order valence-corrected chi connectivity index (χ1v) is 4.27. The molecule has 12 heavy (non-hydrogen) atoms. The Kier molecular flexibility index (Phi) is 1.83. The van der Waals surface area contributed by atoms with Gasteiger partial charge in [0.15, 0.2) is 0 Å². The fourth-order valence-corrected chi connectivity index (χ4v) is 1.76. The second-order valence-electron chi connectivity index (χ2n) is 3.21. The number of nitriles is 1. The van der Waals surface area contributed by atoms with Crippen LogP contribution in [0.1, 0.15) is 43.1 Å². The first kappa shape index (κ1) is 7.35. The Hall–Kier alpha value is -1.30. The van der Waals surface area contributed by atoms with Crippen molar-refractivity contribution in [3.8, 4) is 6.07 Å². The lowest BCUT2D eigenvalue weighted by Crippen LogP contribution is -1.90. The lowest BCUT2D eigenvalue weighted by Gasteiger charge is -2.00. The predicted molar refractivity (Wildman–Crippen MR) is 42.4 cm³/mol.